The van der Waals surface area contributed by atoms with Crippen LogP contribution in [0.15, 0.2) is 95.9 Å². The van der Waals surface area contributed by atoms with Gasteiger partial charge in [-0.15, -0.1) is 0 Å². The topological polar surface area (TPSA) is 154 Å². The molecule has 3 atom stereocenters. The van der Waals surface area contributed by atoms with Crippen LogP contribution in [0.1, 0.15) is 17.5 Å². The largest absolute Gasteiger partial charge is 0.480 e. The van der Waals surface area contributed by atoms with Crippen molar-refractivity contribution in [2.24, 2.45) is 0 Å². The highest BCUT2D eigenvalue weighted by molar-refractivity contribution is 7.89. The molecule has 1 saturated heterocycles. The quantitative estimate of drug-likeness (QED) is 0.256. The molecule has 11 nitrogen and oxygen atoms in total. The first-order valence-corrected chi connectivity index (χ1v) is 14.5. The number of rotatable bonds is 12. The fraction of sp³-hybridized carbons (Fsp3) is 0.276. The smallest absolute Gasteiger partial charge is 0.328 e. The zero-order valence-corrected chi connectivity index (χ0v) is 23.0. The molecule has 0 radical (unpaired) electrons. The van der Waals surface area contributed by atoms with Crippen molar-refractivity contribution in [3.63, 3.8) is 0 Å². The van der Waals surface area contributed by atoms with Crippen LogP contribution in [-0.4, -0.2) is 67.0 Å². The number of amides is 3. The van der Waals surface area contributed by atoms with Gasteiger partial charge in [-0.25, -0.2) is 18.0 Å². The van der Waals surface area contributed by atoms with Gasteiger partial charge >= 0.3 is 12.0 Å². The monoisotopic (exact) mass is 580 g/mol. The molecule has 41 heavy (non-hydrogen) atoms. The molecule has 3 unspecified atom stereocenters. The zero-order valence-electron chi connectivity index (χ0n) is 22.2. The molecule has 12 heteroatoms. The van der Waals surface area contributed by atoms with Crippen molar-refractivity contribution >= 4 is 27.9 Å². The van der Waals surface area contributed by atoms with E-state index < -0.39 is 52.7 Å². The Hall–Kier alpha value is -4.26. The molecule has 3 amide bonds. The summed E-state index contributed by atoms with van der Waals surface area (Å²) in [7, 11) is -4.10. The van der Waals surface area contributed by atoms with Crippen LogP contribution in [0.3, 0.4) is 0 Å². The fourth-order valence-electron chi connectivity index (χ4n) is 4.41. The number of carbonyl (C=O) groups excluding carboxylic acids is 2. The molecule has 0 aromatic heterocycles. The van der Waals surface area contributed by atoms with Crippen molar-refractivity contribution in [1.29, 1.82) is 0 Å². The molecule has 0 saturated carbocycles. The van der Waals surface area contributed by atoms with Crippen LogP contribution in [0.4, 0.5) is 4.79 Å². The Labute approximate surface area is 238 Å². The number of nitrogens with zero attached hydrogens (tertiary/aromatic N) is 1. The number of hydrogen-bond acceptors (Lipinski definition) is 6. The minimum atomic E-state index is -4.10. The van der Waals surface area contributed by atoms with Gasteiger partial charge in [0.2, 0.25) is 15.9 Å². The van der Waals surface area contributed by atoms with Crippen molar-refractivity contribution < 1.29 is 32.6 Å². The van der Waals surface area contributed by atoms with Crippen LogP contribution >= 0.6 is 0 Å². The van der Waals surface area contributed by atoms with E-state index in [0.29, 0.717) is 0 Å². The molecule has 216 valence electrons. The maximum Gasteiger partial charge on any atom is 0.328 e. The Morgan fingerprint density at radius 3 is 2.07 bits per heavy atom. The van der Waals surface area contributed by atoms with E-state index in [9.17, 15) is 27.9 Å². The van der Waals surface area contributed by atoms with Gasteiger partial charge in [-0.05, 0) is 23.3 Å². The molecule has 4 rings (SSSR count). The van der Waals surface area contributed by atoms with Crippen LogP contribution in [0, 0.1) is 0 Å². The molecule has 0 bridgehead atoms. The lowest BCUT2D eigenvalue weighted by atomic mass is 10.1. The molecular weight excluding hydrogens is 548 g/mol. The Morgan fingerprint density at radius 2 is 1.46 bits per heavy atom. The summed E-state index contributed by atoms with van der Waals surface area (Å²) >= 11 is 0. The van der Waals surface area contributed by atoms with E-state index in [1.807, 2.05) is 60.7 Å². The van der Waals surface area contributed by atoms with Gasteiger partial charge in [-0.1, -0.05) is 78.9 Å². The normalized spacial score (nSPS) is 17.9. The summed E-state index contributed by atoms with van der Waals surface area (Å²) < 4.78 is 34.0. The first-order valence-electron chi connectivity index (χ1n) is 13.1. The van der Waals surface area contributed by atoms with Crippen molar-refractivity contribution in [2.45, 2.75) is 42.7 Å². The predicted octanol–water partition coefficient (Wildman–Crippen LogP) is 2.10. The number of urea groups is 1. The Balaban J connectivity index is 1.42. The van der Waals surface area contributed by atoms with Gasteiger partial charge in [0.25, 0.3) is 0 Å². The van der Waals surface area contributed by atoms with E-state index in [-0.39, 0.29) is 31.0 Å². The molecule has 0 spiro atoms. The highest BCUT2D eigenvalue weighted by Crippen LogP contribution is 2.28. The lowest BCUT2D eigenvalue weighted by molar-refractivity contribution is -0.142. The lowest BCUT2D eigenvalue weighted by Gasteiger charge is -2.25. The summed E-state index contributed by atoms with van der Waals surface area (Å²) in [5.41, 5.74) is 1.75. The van der Waals surface area contributed by atoms with Crippen LogP contribution in [0.2, 0.25) is 0 Å². The summed E-state index contributed by atoms with van der Waals surface area (Å²) in [5, 5.41) is 17.2. The fourth-order valence-corrected chi connectivity index (χ4v) is 6.06. The maximum absolute atomic E-state index is 13.5. The van der Waals surface area contributed by atoms with E-state index in [0.717, 1.165) is 15.4 Å². The van der Waals surface area contributed by atoms with E-state index in [2.05, 4.69) is 16.0 Å². The standard InChI is InChI=1S/C29H32N4O7S/c34-27(32-25(28(35)36)18-31-29(37)30-17-21-10-4-1-5-11-21)26-16-23(40-20-22-12-6-2-7-13-22)19-33(26)41(38,39)24-14-8-3-9-15-24/h1-15,23,25-26H,16-20H2,(H,32,34)(H,35,36)(H2,30,31,37). The van der Waals surface area contributed by atoms with E-state index >= 15 is 0 Å². The highest BCUT2D eigenvalue weighted by atomic mass is 32.2. The summed E-state index contributed by atoms with van der Waals surface area (Å²) in [6.07, 6.45) is -0.572. The zero-order chi connectivity index (χ0) is 29.2. The van der Waals surface area contributed by atoms with Crippen molar-refractivity contribution in [3.05, 3.63) is 102 Å². The molecule has 1 aliphatic heterocycles. The highest BCUT2D eigenvalue weighted by Gasteiger charge is 2.45. The van der Waals surface area contributed by atoms with E-state index in [1.54, 1.807) is 18.2 Å². The van der Waals surface area contributed by atoms with Gasteiger partial charge in [-0.2, -0.15) is 4.31 Å². The van der Waals surface area contributed by atoms with Crippen molar-refractivity contribution in [2.75, 3.05) is 13.1 Å². The molecule has 1 aliphatic rings. The van der Waals surface area contributed by atoms with Gasteiger partial charge in [-0.3, -0.25) is 4.79 Å². The van der Waals surface area contributed by atoms with Gasteiger partial charge < -0.3 is 25.8 Å². The summed E-state index contributed by atoms with van der Waals surface area (Å²) in [6.45, 7) is -0.0395. The molecule has 1 fully saturated rings. The first kappa shape index (κ1) is 29.7. The van der Waals surface area contributed by atoms with Crippen LogP contribution in [-0.2, 0) is 37.5 Å². The number of nitrogens with one attached hydrogen (secondary N) is 3. The van der Waals surface area contributed by atoms with Gasteiger partial charge in [0.1, 0.15) is 12.1 Å². The Bertz CT molecular complexity index is 1420. The molecule has 4 N–H and O–H groups in total. The second-order valence-electron chi connectivity index (χ2n) is 9.51. The molecule has 1 heterocycles. The van der Waals surface area contributed by atoms with Crippen LogP contribution in [0.25, 0.3) is 0 Å². The summed E-state index contributed by atoms with van der Waals surface area (Å²) in [5.74, 6) is -2.18. The minimum absolute atomic E-state index is 0.00745. The van der Waals surface area contributed by atoms with Gasteiger partial charge in [0, 0.05) is 19.5 Å². The minimum Gasteiger partial charge on any atom is -0.480 e. The SMILES string of the molecule is O=C(NCc1ccccc1)NCC(NC(=O)C1CC(OCc2ccccc2)CN1S(=O)(=O)c1ccccc1)C(=O)O. The van der Waals surface area contributed by atoms with Crippen LogP contribution < -0.4 is 16.0 Å². The number of sulfonamides is 1. The molecule has 3 aromatic rings. The van der Waals surface area contributed by atoms with Crippen molar-refractivity contribution in [1.82, 2.24) is 20.3 Å². The number of hydrogen-bond donors (Lipinski definition) is 4. The maximum atomic E-state index is 13.5. The van der Waals surface area contributed by atoms with E-state index in [1.165, 1.54) is 12.1 Å². The third-order valence-electron chi connectivity index (χ3n) is 6.58. The number of carboxylic acids is 1. The number of ether oxygens (including phenoxy) is 1. The average Bonchev–Trinajstić information content (AvgIpc) is 3.44. The Kier molecular flexibility index (Phi) is 10.1. The van der Waals surface area contributed by atoms with Crippen LogP contribution in [0.5, 0.6) is 0 Å². The second kappa shape index (κ2) is 13.9. The van der Waals surface area contributed by atoms with Gasteiger partial charge in [0.05, 0.1) is 24.2 Å². The van der Waals surface area contributed by atoms with E-state index in [4.69, 9.17) is 4.74 Å². The molecular formula is C29H32N4O7S. The summed E-state index contributed by atoms with van der Waals surface area (Å²) in [6, 6.07) is 22.9. The number of benzene rings is 3. The number of carbonyl (C=O) groups is 3. The third-order valence-corrected chi connectivity index (χ3v) is 8.46. The van der Waals surface area contributed by atoms with Gasteiger partial charge in [0.15, 0.2) is 0 Å². The number of aliphatic carboxylic acids is 1. The third kappa shape index (κ3) is 8.13. The Morgan fingerprint density at radius 1 is 0.878 bits per heavy atom. The van der Waals surface area contributed by atoms with Crippen molar-refractivity contribution in [3.8, 4) is 0 Å². The average molecular weight is 581 g/mol. The first-order chi connectivity index (χ1) is 19.7. The number of carboxylic acid groups (broad SMARTS) is 1. The summed E-state index contributed by atoms with van der Waals surface area (Å²) in [4.78, 5) is 37.5. The lowest BCUT2D eigenvalue weighted by Crippen LogP contribution is -2.54. The predicted molar refractivity (Wildman–Crippen MR) is 150 cm³/mol. The molecule has 0 aliphatic carbocycles. The molecule has 3 aromatic carbocycles. The second-order valence-corrected chi connectivity index (χ2v) is 11.4.